The number of hydrogen-bond acceptors (Lipinski definition) is 7. The molecule has 33 heavy (non-hydrogen) atoms. The number of nitrogens with two attached hydrogens (primary N) is 1. The predicted molar refractivity (Wildman–Crippen MR) is 132 cm³/mol. The number of nitrogens with zero attached hydrogens (tertiary/aromatic N) is 3. The quantitative estimate of drug-likeness (QED) is 0.278. The minimum absolute atomic E-state index is 0.132. The van der Waals surface area contributed by atoms with Crippen LogP contribution in [0.25, 0.3) is 21.1 Å². The summed E-state index contributed by atoms with van der Waals surface area (Å²) >= 11 is 14.8. The maximum Gasteiger partial charge on any atom is 0.416 e. The van der Waals surface area contributed by atoms with Crippen LogP contribution in [0.5, 0.6) is 0 Å². The van der Waals surface area contributed by atoms with Crippen molar-refractivity contribution in [3.8, 4) is 21.1 Å². The zero-order chi connectivity index (χ0) is 23.9. The molecule has 0 fully saturated rings. The summed E-state index contributed by atoms with van der Waals surface area (Å²) in [5.41, 5.74) is 7.70. The van der Waals surface area contributed by atoms with Crippen LogP contribution in [0.15, 0.2) is 41.8 Å². The number of rotatable bonds is 5. The molecule has 2 heterocycles. The molecule has 0 aliphatic rings. The number of halogens is 5. The van der Waals surface area contributed by atoms with Gasteiger partial charge in [-0.2, -0.15) is 13.2 Å². The van der Waals surface area contributed by atoms with Crippen molar-refractivity contribution in [3.05, 3.63) is 57.4 Å². The van der Waals surface area contributed by atoms with Gasteiger partial charge >= 0.3 is 6.18 Å². The molecule has 12 heteroatoms. The molecular formula is C21H16Cl2F3N5S2. The first kappa shape index (κ1) is 23.6. The summed E-state index contributed by atoms with van der Waals surface area (Å²) in [5.74, 6) is 0.290. The smallest absolute Gasteiger partial charge is 0.382 e. The van der Waals surface area contributed by atoms with Gasteiger partial charge in [-0.15, -0.1) is 11.3 Å². The number of anilines is 4. The molecule has 0 amide bonds. The van der Waals surface area contributed by atoms with E-state index in [1.54, 1.807) is 5.38 Å². The Morgan fingerprint density at radius 1 is 1.03 bits per heavy atom. The standard InChI is InChI=1S/C21H16Cl2F3N5S2/c1-31(2)12-5-3-11(4-6-12)28-20-30-18(27)17(33-20)19-29-15(9-32-19)16-13(22)7-10(8-14(16)23)21(24,25)26/h3-9H,27H2,1-2H3,(H,28,30). The van der Waals surface area contributed by atoms with Crippen LogP contribution in [-0.2, 0) is 6.18 Å². The molecule has 0 atom stereocenters. The van der Waals surface area contributed by atoms with E-state index in [9.17, 15) is 13.2 Å². The first-order chi connectivity index (χ1) is 15.5. The van der Waals surface area contributed by atoms with Gasteiger partial charge < -0.3 is 16.0 Å². The molecular weight excluding hydrogens is 514 g/mol. The van der Waals surface area contributed by atoms with Crippen LogP contribution in [0, 0.1) is 0 Å². The molecule has 0 spiro atoms. The summed E-state index contributed by atoms with van der Waals surface area (Å²) < 4.78 is 39.0. The van der Waals surface area contributed by atoms with Crippen LogP contribution in [0.1, 0.15) is 5.56 Å². The third-order valence-corrected chi connectivity index (χ3v) is 7.19. The maximum atomic E-state index is 13.0. The van der Waals surface area contributed by atoms with Gasteiger partial charge in [0.2, 0.25) is 0 Å². The van der Waals surface area contributed by atoms with Crippen LogP contribution in [0.4, 0.5) is 35.5 Å². The Bertz CT molecular complexity index is 1280. The number of thiazole rings is 2. The Balaban J connectivity index is 1.60. The molecule has 4 aromatic rings. The van der Waals surface area contributed by atoms with Crippen molar-refractivity contribution in [3.63, 3.8) is 0 Å². The van der Waals surface area contributed by atoms with Crippen LogP contribution in [0.2, 0.25) is 10.0 Å². The van der Waals surface area contributed by atoms with Gasteiger partial charge in [0.15, 0.2) is 5.13 Å². The molecule has 0 aliphatic carbocycles. The number of nitrogens with one attached hydrogen (secondary N) is 1. The van der Waals surface area contributed by atoms with Gasteiger partial charge in [-0.05, 0) is 36.4 Å². The zero-order valence-corrected chi connectivity index (χ0v) is 20.3. The second-order valence-electron chi connectivity index (χ2n) is 7.15. The van der Waals surface area contributed by atoms with Gasteiger partial charge in [0.25, 0.3) is 0 Å². The van der Waals surface area contributed by atoms with Crippen molar-refractivity contribution in [1.82, 2.24) is 9.97 Å². The third-order valence-electron chi connectivity index (χ3n) is 4.61. The predicted octanol–water partition coefficient (Wildman–Crippen LogP) is 7.65. The van der Waals surface area contributed by atoms with Crippen molar-refractivity contribution in [1.29, 1.82) is 0 Å². The number of alkyl halides is 3. The molecule has 4 rings (SSSR count). The monoisotopic (exact) mass is 529 g/mol. The Labute approximate surface area is 205 Å². The van der Waals surface area contributed by atoms with Gasteiger partial charge in [0.05, 0.1) is 21.3 Å². The summed E-state index contributed by atoms with van der Waals surface area (Å²) in [6.45, 7) is 0. The highest BCUT2D eigenvalue weighted by Gasteiger charge is 2.32. The number of nitrogen functional groups attached to an aromatic ring is 1. The number of benzene rings is 2. The Hall–Kier alpha value is -2.53. The maximum absolute atomic E-state index is 13.0. The molecule has 5 nitrogen and oxygen atoms in total. The molecule has 0 unspecified atom stereocenters. The van der Waals surface area contributed by atoms with E-state index in [0.29, 0.717) is 20.7 Å². The average molecular weight is 530 g/mol. The van der Waals surface area contributed by atoms with Crippen molar-refractivity contribution in [2.45, 2.75) is 6.18 Å². The molecule has 0 radical (unpaired) electrons. The summed E-state index contributed by atoms with van der Waals surface area (Å²) in [6, 6.07) is 9.50. The SMILES string of the molecule is CN(C)c1ccc(Nc2nc(N)c(-c3nc(-c4c(Cl)cc(C(F)(F)F)cc4Cl)cs3)s2)cc1. The van der Waals surface area contributed by atoms with E-state index < -0.39 is 11.7 Å². The summed E-state index contributed by atoms with van der Waals surface area (Å²) in [5, 5.41) is 5.76. The molecule has 3 N–H and O–H groups in total. The Morgan fingerprint density at radius 2 is 1.67 bits per heavy atom. The van der Waals surface area contributed by atoms with E-state index in [1.807, 2.05) is 43.3 Å². The largest absolute Gasteiger partial charge is 0.416 e. The van der Waals surface area contributed by atoms with E-state index in [2.05, 4.69) is 15.3 Å². The normalized spacial score (nSPS) is 11.6. The highest BCUT2D eigenvalue weighted by atomic mass is 35.5. The van der Waals surface area contributed by atoms with E-state index in [4.69, 9.17) is 28.9 Å². The lowest BCUT2D eigenvalue weighted by molar-refractivity contribution is -0.137. The lowest BCUT2D eigenvalue weighted by atomic mass is 10.1. The first-order valence-corrected chi connectivity index (χ1v) is 11.8. The molecule has 0 bridgehead atoms. The Morgan fingerprint density at radius 3 is 2.24 bits per heavy atom. The van der Waals surface area contributed by atoms with Gasteiger partial charge in [-0.25, -0.2) is 9.97 Å². The lowest BCUT2D eigenvalue weighted by Crippen LogP contribution is -2.08. The lowest BCUT2D eigenvalue weighted by Gasteiger charge is -2.12. The van der Waals surface area contributed by atoms with Crippen LogP contribution < -0.4 is 16.0 Å². The van der Waals surface area contributed by atoms with Crippen molar-refractivity contribution < 1.29 is 13.2 Å². The minimum Gasteiger partial charge on any atom is -0.382 e. The van der Waals surface area contributed by atoms with Crippen LogP contribution in [0.3, 0.4) is 0 Å². The third kappa shape index (κ3) is 5.03. The van der Waals surface area contributed by atoms with Gasteiger partial charge in [-0.3, -0.25) is 0 Å². The van der Waals surface area contributed by atoms with E-state index in [-0.39, 0.29) is 21.4 Å². The molecule has 2 aromatic heterocycles. The molecule has 0 aliphatic heterocycles. The zero-order valence-electron chi connectivity index (χ0n) is 17.2. The fourth-order valence-electron chi connectivity index (χ4n) is 2.98. The van der Waals surface area contributed by atoms with Gasteiger partial charge in [0, 0.05) is 36.4 Å². The van der Waals surface area contributed by atoms with E-state index in [1.165, 1.54) is 22.7 Å². The van der Waals surface area contributed by atoms with E-state index >= 15 is 0 Å². The van der Waals surface area contributed by atoms with Gasteiger partial charge in [-0.1, -0.05) is 34.5 Å². The summed E-state index contributed by atoms with van der Waals surface area (Å²) in [4.78, 5) is 11.5. The van der Waals surface area contributed by atoms with Crippen molar-refractivity contribution in [2.75, 3.05) is 30.0 Å². The van der Waals surface area contributed by atoms with Gasteiger partial charge in [0.1, 0.15) is 15.7 Å². The molecule has 0 saturated carbocycles. The van der Waals surface area contributed by atoms with Crippen LogP contribution in [-0.4, -0.2) is 24.1 Å². The highest BCUT2D eigenvalue weighted by Crippen LogP contribution is 2.43. The second-order valence-corrected chi connectivity index (χ2v) is 9.82. The Kier molecular flexibility index (Phi) is 6.45. The summed E-state index contributed by atoms with van der Waals surface area (Å²) in [6.07, 6.45) is -4.55. The first-order valence-electron chi connectivity index (χ1n) is 9.36. The highest BCUT2D eigenvalue weighted by molar-refractivity contribution is 7.23. The summed E-state index contributed by atoms with van der Waals surface area (Å²) in [7, 11) is 3.92. The fraction of sp³-hybridized carbons (Fsp3) is 0.143. The second kappa shape index (κ2) is 9.02. The minimum atomic E-state index is -4.55. The number of hydrogen-bond donors (Lipinski definition) is 2. The molecule has 172 valence electrons. The van der Waals surface area contributed by atoms with Crippen molar-refractivity contribution >= 4 is 68.2 Å². The molecule has 0 saturated heterocycles. The van der Waals surface area contributed by atoms with Crippen molar-refractivity contribution in [2.24, 2.45) is 0 Å². The van der Waals surface area contributed by atoms with E-state index in [0.717, 1.165) is 23.5 Å². The topological polar surface area (TPSA) is 67.1 Å². The fourth-order valence-corrected chi connectivity index (χ4v) is 5.48. The van der Waals surface area contributed by atoms with Crippen LogP contribution >= 0.6 is 45.9 Å². The average Bonchev–Trinajstić information content (AvgIpc) is 3.33. The number of aromatic nitrogens is 2. The molecule has 2 aromatic carbocycles.